The molecular formula is C21H20N6O3. The summed E-state index contributed by atoms with van der Waals surface area (Å²) in [4.78, 5) is 32.9. The molecule has 0 spiro atoms. The molecule has 4 rings (SSSR count). The number of carboxylic acid groups (broad SMARTS) is 1. The number of hydrogen-bond acceptors (Lipinski definition) is 7. The number of aliphatic carboxylic acids is 1. The van der Waals surface area contributed by atoms with Gasteiger partial charge in [-0.15, -0.1) is 0 Å². The van der Waals surface area contributed by atoms with Crippen molar-refractivity contribution in [3.63, 3.8) is 0 Å². The minimum Gasteiger partial charge on any atom is -0.481 e. The van der Waals surface area contributed by atoms with Gasteiger partial charge in [-0.1, -0.05) is 18.2 Å². The molecule has 0 unspecified atom stereocenters. The second-order valence-electron chi connectivity index (χ2n) is 6.42. The van der Waals surface area contributed by atoms with Crippen molar-refractivity contribution >= 4 is 35.0 Å². The lowest BCUT2D eigenvalue weighted by Crippen LogP contribution is -2.11. The van der Waals surface area contributed by atoms with Crippen LogP contribution in [0.3, 0.4) is 0 Å². The van der Waals surface area contributed by atoms with E-state index < -0.39 is 11.9 Å². The number of aliphatic imine (C=N–C) groups is 1. The second-order valence-corrected chi connectivity index (χ2v) is 6.42. The highest BCUT2D eigenvalue weighted by Crippen LogP contribution is 2.27. The van der Waals surface area contributed by atoms with Crippen LogP contribution >= 0.6 is 0 Å². The minimum absolute atomic E-state index is 0.216. The highest BCUT2D eigenvalue weighted by atomic mass is 16.4. The van der Waals surface area contributed by atoms with Crippen LogP contribution < -0.4 is 16.8 Å². The smallest absolute Gasteiger partial charge is 0.300 e. The van der Waals surface area contributed by atoms with Crippen molar-refractivity contribution in [3.05, 3.63) is 77.0 Å². The van der Waals surface area contributed by atoms with Crippen LogP contribution in [0.25, 0.3) is 0 Å². The summed E-state index contributed by atoms with van der Waals surface area (Å²) in [6.45, 7) is 1.71. The SMILES string of the molecule is CC(=O)O.NC(=O)c1ccc(C2=NCc3ccc(Nc4ccnc(N)n4)cc32)cc1. The standard InChI is InChI=1S/C19H16N6O.C2H4O2/c20-18(26)12-3-1-11(2-4-12)17-15-9-14(6-5-13(15)10-23-17)24-16-7-8-22-19(21)25-16;1-2(3)4/h1-9H,10H2,(H2,20,26)(H3,21,22,24,25);1H3,(H,3,4). The summed E-state index contributed by atoms with van der Waals surface area (Å²) in [6, 6.07) is 14.9. The van der Waals surface area contributed by atoms with Crippen molar-refractivity contribution in [3.8, 4) is 0 Å². The van der Waals surface area contributed by atoms with Crippen molar-refractivity contribution in [2.75, 3.05) is 11.1 Å². The van der Waals surface area contributed by atoms with Crippen molar-refractivity contribution < 1.29 is 14.7 Å². The molecule has 30 heavy (non-hydrogen) atoms. The summed E-state index contributed by atoms with van der Waals surface area (Å²) in [5.74, 6) is -0.436. The third kappa shape index (κ3) is 4.96. The van der Waals surface area contributed by atoms with Gasteiger partial charge in [-0.25, -0.2) is 4.98 Å². The van der Waals surface area contributed by atoms with E-state index in [1.54, 1.807) is 24.4 Å². The number of rotatable bonds is 4. The number of carboxylic acids is 1. The average molecular weight is 404 g/mol. The van der Waals surface area contributed by atoms with E-state index in [9.17, 15) is 4.79 Å². The van der Waals surface area contributed by atoms with E-state index >= 15 is 0 Å². The molecule has 3 aromatic rings. The molecule has 0 radical (unpaired) electrons. The Morgan fingerprint density at radius 2 is 1.80 bits per heavy atom. The number of amides is 1. The molecule has 0 saturated carbocycles. The van der Waals surface area contributed by atoms with E-state index in [2.05, 4.69) is 20.3 Å². The maximum absolute atomic E-state index is 11.2. The highest BCUT2D eigenvalue weighted by molar-refractivity contribution is 6.15. The Hall–Kier alpha value is -4.27. The molecule has 0 fully saturated rings. The van der Waals surface area contributed by atoms with Gasteiger partial charge < -0.3 is 21.9 Å². The number of fused-ring (bicyclic) bond motifs is 1. The van der Waals surface area contributed by atoms with E-state index in [4.69, 9.17) is 21.4 Å². The van der Waals surface area contributed by atoms with Gasteiger partial charge in [-0.05, 0) is 35.9 Å². The number of benzene rings is 2. The van der Waals surface area contributed by atoms with Crippen LogP contribution in [0, 0.1) is 0 Å². The summed E-state index contributed by atoms with van der Waals surface area (Å²) in [5, 5.41) is 10.6. The molecule has 1 amide bonds. The molecule has 0 saturated heterocycles. The fourth-order valence-corrected chi connectivity index (χ4v) is 2.89. The van der Waals surface area contributed by atoms with Crippen molar-refractivity contribution in [2.24, 2.45) is 10.7 Å². The molecule has 0 atom stereocenters. The van der Waals surface area contributed by atoms with Gasteiger partial charge in [0.1, 0.15) is 5.82 Å². The monoisotopic (exact) mass is 404 g/mol. The molecule has 0 aliphatic carbocycles. The number of nitrogen functional groups attached to an aromatic ring is 1. The van der Waals surface area contributed by atoms with Crippen LogP contribution in [0.1, 0.15) is 34.0 Å². The van der Waals surface area contributed by atoms with E-state index in [0.717, 1.165) is 35.0 Å². The lowest BCUT2D eigenvalue weighted by atomic mass is 9.98. The first-order valence-corrected chi connectivity index (χ1v) is 8.96. The molecule has 152 valence electrons. The first kappa shape index (κ1) is 20.5. The van der Waals surface area contributed by atoms with Gasteiger partial charge in [0.05, 0.1) is 12.3 Å². The maximum atomic E-state index is 11.2. The normalized spacial score (nSPS) is 11.6. The van der Waals surface area contributed by atoms with Crippen molar-refractivity contribution in [2.45, 2.75) is 13.5 Å². The third-order valence-electron chi connectivity index (χ3n) is 4.16. The quantitative estimate of drug-likeness (QED) is 0.520. The molecule has 0 bridgehead atoms. The number of nitrogens with two attached hydrogens (primary N) is 2. The van der Waals surface area contributed by atoms with Crippen LogP contribution in [0.4, 0.5) is 17.5 Å². The lowest BCUT2D eigenvalue weighted by Gasteiger charge is -2.10. The van der Waals surface area contributed by atoms with Gasteiger partial charge in [-0.3, -0.25) is 14.6 Å². The number of hydrogen-bond donors (Lipinski definition) is 4. The minimum atomic E-state index is -0.833. The zero-order valence-corrected chi connectivity index (χ0v) is 16.2. The van der Waals surface area contributed by atoms with Gasteiger partial charge in [-0.2, -0.15) is 4.98 Å². The van der Waals surface area contributed by atoms with E-state index in [1.807, 2.05) is 30.3 Å². The Morgan fingerprint density at radius 3 is 2.43 bits per heavy atom. The van der Waals surface area contributed by atoms with Crippen molar-refractivity contribution in [1.82, 2.24) is 9.97 Å². The molecule has 2 aromatic carbocycles. The lowest BCUT2D eigenvalue weighted by molar-refractivity contribution is -0.134. The molecule has 1 aliphatic heterocycles. The first-order valence-electron chi connectivity index (χ1n) is 8.96. The van der Waals surface area contributed by atoms with Crippen LogP contribution in [0.5, 0.6) is 0 Å². The summed E-state index contributed by atoms with van der Waals surface area (Å²) < 4.78 is 0. The van der Waals surface area contributed by atoms with Crippen LogP contribution in [0.2, 0.25) is 0 Å². The van der Waals surface area contributed by atoms with Crippen LogP contribution in [0.15, 0.2) is 59.7 Å². The summed E-state index contributed by atoms with van der Waals surface area (Å²) in [6.07, 6.45) is 1.60. The first-order chi connectivity index (χ1) is 14.3. The summed E-state index contributed by atoms with van der Waals surface area (Å²) in [7, 11) is 0. The zero-order valence-electron chi connectivity index (χ0n) is 16.2. The Morgan fingerprint density at radius 1 is 1.10 bits per heavy atom. The Bertz CT molecular complexity index is 1120. The number of primary amides is 1. The summed E-state index contributed by atoms with van der Waals surface area (Å²) in [5.41, 5.74) is 16.3. The number of aromatic nitrogens is 2. The van der Waals surface area contributed by atoms with Gasteiger partial charge in [0.15, 0.2) is 0 Å². The van der Waals surface area contributed by atoms with Gasteiger partial charge in [0.2, 0.25) is 11.9 Å². The number of nitrogens with zero attached hydrogens (tertiary/aromatic N) is 3. The topological polar surface area (TPSA) is 157 Å². The number of carbonyl (C=O) groups is 2. The van der Waals surface area contributed by atoms with Gasteiger partial charge >= 0.3 is 0 Å². The number of anilines is 3. The molecular weight excluding hydrogens is 384 g/mol. The van der Waals surface area contributed by atoms with Crippen LogP contribution in [-0.2, 0) is 11.3 Å². The molecule has 9 heteroatoms. The fraction of sp³-hybridized carbons (Fsp3) is 0.0952. The van der Waals surface area contributed by atoms with E-state index in [0.29, 0.717) is 17.9 Å². The van der Waals surface area contributed by atoms with Crippen LogP contribution in [-0.4, -0.2) is 32.7 Å². The predicted octanol–water partition coefficient (Wildman–Crippen LogP) is 2.34. The fourth-order valence-electron chi connectivity index (χ4n) is 2.89. The third-order valence-corrected chi connectivity index (χ3v) is 4.16. The molecule has 9 nitrogen and oxygen atoms in total. The molecule has 1 aliphatic rings. The van der Waals surface area contributed by atoms with E-state index in [1.165, 1.54) is 0 Å². The molecule has 1 aromatic heterocycles. The molecule has 6 N–H and O–H groups in total. The molecule has 2 heterocycles. The maximum Gasteiger partial charge on any atom is 0.300 e. The zero-order chi connectivity index (χ0) is 21.7. The number of carbonyl (C=O) groups excluding carboxylic acids is 1. The van der Waals surface area contributed by atoms with Gasteiger partial charge in [0, 0.05) is 35.5 Å². The predicted molar refractivity (Wildman–Crippen MR) is 114 cm³/mol. The largest absolute Gasteiger partial charge is 0.481 e. The Balaban J connectivity index is 0.000000589. The Labute approximate surface area is 172 Å². The highest BCUT2D eigenvalue weighted by Gasteiger charge is 2.18. The Kier molecular flexibility index (Phi) is 6.02. The summed E-state index contributed by atoms with van der Waals surface area (Å²) >= 11 is 0. The second kappa shape index (κ2) is 8.82. The van der Waals surface area contributed by atoms with E-state index in [-0.39, 0.29) is 5.95 Å². The van der Waals surface area contributed by atoms with Gasteiger partial charge in [0.25, 0.3) is 5.97 Å². The van der Waals surface area contributed by atoms with Crippen molar-refractivity contribution in [1.29, 1.82) is 0 Å². The number of nitrogens with one attached hydrogen (secondary N) is 1. The average Bonchev–Trinajstić information content (AvgIpc) is 3.11.